The van der Waals surface area contributed by atoms with E-state index in [4.69, 9.17) is 0 Å². The molecule has 0 aliphatic rings. The Morgan fingerprint density at radius 3 is 0.870 bits per heavy atom. The van der Waals surface area contributed by atoms with Crippen LogP contribution in [0.4, 0.5) is 0 Å². The van der Waals surface area contributed by atoms with Crippen LogP contribution in [0.3, 0.4) is 0 Å². The lowest BCUT2D eigenvalue weighted by molar-refractivity contribution is 1.67. The minimum Gasteiger partial charge on any atom is -0.0616 e. The molecule has 0 nitrogen and oxygen atoms in total. The Hall–Kier alpha value is -7.02. The molecule has 12 aromatic carbocycles. The van der Waals surface area contributed by atoms with Gasteiger partial charge >= 0.3 is 0 Å². The molecule has 0 saturated heterocycles. The lowest BCUT2D eigenvalue weighted by atomic mass is 9.85. The van der Waals surface area contributed by atoms with Gasteiger partial charge < -0.3 is 0 Å². The van der Waals surface area contributed by atoms with Gasteiger partial charge in [-0.05, 0) is 143 Å². The summed E-state index contributed by atoms with van der Waals surface area (Å²) in [5.41, 5.74) is 4.93. The summed E-state index contributed by atoms with van der Waals surface area (Å²) in [7, 11) is 0. The molecule has 54 heavy (non-hydrogen) atoms. The Morgan fingerprint density at radius 2 is 0.444 bits per heavy atom. The van der Waals surface area contributed by atoms with E-state index < -0.39 is 0 Å². The monoisotopic (exact) mass is 680 g/mol. The lowest BCUT2D eigenvalue weighted by Crippen LogP contribution is -1.91. The fraction of sp³-hybridized carbons (Fsp3) is 0. The molecular weight excluding hydrogens is 649 g/mol. The number of hydrogen-bond donors (Lipinski definition) is 0. The molecular formula is C54H32. The van der Waals surface area contributed by atoms with Gasteiger partial charge in [0.1, 0.15) is 0 Å². The Bertz CT molecular complexity index is 3480. The molecule has 12 rings (SSSR count). The van der Waals surface area contributed by atoms with Gasteiger partial charge in [-0.15, -0.1) is 0 Å². The molecule has 0 bridgehead atoms. The third-order valence-corrected chi connectivity index (χ3v) is 12.0. The Balaban J connectivity index is 1.22. The average Bonchev–Trinajstić information content (AvgIpc) is 3.26. The summed E-state index contributed by atoms with van der Waals surface area (Å²) in [5.74, 6) is 0. The average molecular weight is 681 g/mol. The predicted molar refractivity (Wildman–Crippen MR) is 235 cm³/mol. The van der Waals surface area contributed by atoms with Gasteiger partial charge in [-0.2, -0.15) is 0 Å². The van der Waals surface area contributed by atoms with Crippen molar-refractivity contribution in [1.82, 2.24) is 0 Å². The molecule has 0 aliphatic carbocycles. The minimum absolute atomic E-state index is 1.22. The largest absolute Gasteiger partial charge is 0.0616 e. The third-order valence-electron chi connectivity index (χ3n) is 12.0. The minimum atomic E-state index is 1.22. The van der Waals surface area contributed by atoms with Crippen molar-refractivity contribution in [2.24, 2.45) is 0 Å². The van der Waals surface area contributed by atoms with E-state index in [0.717, 1.165) is 0 Å². The zero-order chi connectivity index (χ0) is 35.3. The quantitative estimate of drug-likeness (QED) is 0.159. The summed E-state index contributed by atoms with van der Waals surface area (Å²) in [4.78, 5) is 0. The standard InChI is InChI=1S/C54H32/c1-3-17-40-36(13-1)38-15-5-8-21-44(38)51-29-33(25-27-47(40)51)35-31-50(54-49-24-12-11-20-43(49)42-19-7-10-23-46(42)53(54)32-35)34-26-28-48-41-18-4-2-14-37(41)39-16-6-9-22-45(39)52(48)30-34/h1-32H. The Kier molecular flexibility index (Phi) is 6.15. The van der Waals surface area contributed by atoms with Crippen molar-refractivity contribution in [3.05, 3.63) is 194 Å². The molecule has 0 heteroatoms. The summed E-state index contributed by atoms with van der Waals surface area (Å²) >= 11 is 0. The highest BCUT2D eigenvalue weighted by atomic mass is 14.2. The first kappa shape index (κ1) is 29.5. The maximum absolute atomic E-state index is 2.46. The lowest BCUT2D eigenvalue weighted by Gasteiger charge is -2.18. The van der Waals surface area contributed by atoms with Gasteiger partial charge in [-0.25, -0.2) is 0 Å². The van der Waals surface area contributed by atoms with E-state index in [0.29, 0.717) is 0 Å². The number of benzene rings is 12. The molecule has 0 atom stereocenters. The van der Waals surface area contributed by atoms with Crippen molar-refractivity contribution >= 4 is 97.0 Å². The highest BCUT2D eigenvalue weighted by Crippen LogP contribution is 2.45. The second-order valence-electron chi connectivity index (χ2n) is 14.7. The molecule has 0 spiro atoms. The van der Waals surface area contributed by atoms with E-state index in [9.17, 15) is 0 Å². The summed E-state index contributed by atoms with van der Waals surface area (Å²) in [6.07, 6.45) is 0. The van der Waals surface area contributed by atoms with Gasteiger partial charge in [0.15, 0.2) is 0 Å². The predicted octanol–water partition coefficient (Wildman–Crippen LogP) is 15.4. The molecule has 0 fully saturated rings. The van der Waals surface area contributed by atoms with Crippen LogP contribution in [0.1, 0.15) is 0 Å². The molecule has 248 valence electrons. The third kappa shape index (κ3) is 4.14. The van der Waals surface area contributed by atoms with E-state index in [1.807, 2.05) is 0 Å². The molecule has 0 amide bonds. The van der Waals surface area contributed by atoms with Crippen LogP contribution >= 0.6 is 0 Å². The number of rotatable bonds is 2. The molecule has 0 heterocycles. The van der Waals surface area contributed by atoms with E-state index in [-0.39, 0.29) is 0 Å². The zero-order valence-corrected chi connectivity index (χ0v) is 29.5. The Labute approximate surface area is 312 Å². The van der Waals surface area contributed by atoms with E-state index in [1.165, 1.54) is 119 Å². The summed E-state index contributed by atoms with van der Waals surface area (Å²) in [6.45, 7) is 0. The van der Waals surface area contributed by atoms with Crippen LogP contribution in [0.25, 0.3) is 119 Å². The first-order valence-corrected chi connectivity index (χ1v) is 18.8. The fourth-order valence-electron chi connectivity index (χ4n) is 9.59. The van der Waals surface area contributed by atoms with Crippen molar-refractivity contribution in [2.45, 2.75) is 0 Å². The van der Waals surface area contributed by atoms with Crippen LogP contribution in [0.15, 0.2) is 194 Å². The maximum Gasteiger partial charge on any atom is -0.00199 e. The van der Waals surface area contributed by atoms with Crippen LogP contribution in [0.2, 0.25) is 0 Å². The van der Waals surface area contributed by atoms with E-state index in [1.54, 1.807) is 0 Å². The van der Waals surface area contributed by atoms with Crippen LogP contribution in [-0.4, -0.2) is 0 Å². The van der Waals surface area contributed by atoms with Gasteiger partial charge in [0, 0.05) is 0 Å². The number of fused-ring (bicyclic) bond motifs is 18. The van der Waals surface area contributed by atoms with Crippen molar-refractivity contribution in [3.8, 4) is 22.3 Å². The molecule has 0 aromatic heterocycles. The maximum atomic E-state index is 2.46. The molecule has 0 aliphatic heterocycles. The van der Waals surface area contributed by atoms with Crippen LogP contribution < -0.4 is 0 Å². The van der Waals surface area contributed by atoms with E-state index in [2.05, 4.69) is 194 Å². The highest BCUT2D eigenvalue weighted by Gasteiger charge is 2.18. The van der Waals surface area contributed by atoms with Crippen molar-refractivity contribution in [3.63, 3.8) is 0 Å². The Morgan fingerprint density at radius 1 is 0.167 bits per heavy atom. The second-order valence-corrected chi connectivity index (χ2v) is 14.7. The van der Waals surface area contributed by atoms with Gasteiger partial charge in [0.2, 0.25) is 0 Å². The van der Waals surface area contributed by atoms with Crippen LogP contribution in [0.5, 0.6) is 0 Å². The summed E-state index contributed by atoms with van der Waals surface area (Å²) in [5, 5.41) is 23.2. The van der Waals surface area contributed by atoms with Crippen LogP contribution in [0, 0.1) is 0 Å². The van der Waals surface area contributed by atoms with Gasteiger partial charge in [-0.3, -0.25) is 0 Å². The molecule has 0 radical (unpaired) electrons. The molecule has 0 unspecified atom stereocenters. The zero-order valence-electron chi connectivity index (χ0n) is 29.5. The van der Waals surface area contributed by atoms with Gasteiger partial charge in [0.25, 0.3) is 0 Å². The first-order valence-electron chi connectivity index (χ1n) is 18.8. The smallest absolute Gasteiger partial charge is 0.00199 e. The summed E-state index contributed by atoms with van der Waals surface area (Å²) < 4.78 is 0. The second kappa shape index (κ2) is 11.2. The molecule has 0 N–H and O–H groups in total. The van der Waals surface area contributed by atoms with Crippen molar-refractivity contribution in [2.75, 3.05) is 0 Å². The number of hydrogen-bond acceptors (Lipinski definition) is 0. The van der Waals surface area contributed by atoms with Gasteiger partial charge in [-0.1, -0.05) is 170 Å². The molecule has 12 aromatic rings. The first-order chi connectivity index (χ1) is 26.8. The van der Waals surface area contributed by atoms with Gasteiger partial charge in [0.05, 0.1) is 0 Å². The molecule has 0 saturated carbocycles. The van der Waals surface area contributed by atoms with Crippen LogP contribution in [-0.2, 0) is 0 Å². The van der Waals surface area contributed by atoms with Crippen molar-refractivity contribution in [1.29, 1.82) is 0 Å². The fourth-order valence-corrected chi connectivity index (χ4v) is 9.59. The topological polar surface area (TPSA) is 0 Å². The SMILES string of the molecule is c1ccc2c(c1)c1ccccc1c1cc(-c3cc(-c4ccc5c6ccccc6c6ccccc6c5c4)c4c5ccccc5c5ccccc5c4c3)ccc21. The van der Waals surface area contributed by atoms with Crippen molar-refractivity contribution < 1.29 is 0 Å². The highest BCUT2D eigenvalue weighted by molar-refractivity contribution is 6.31. The van der Waals surface area contributed by atoms with E-state index >= 15 is 0 Å². The normalized spacial score (nSPS) is 12.1. The summed E-state index contributed by atoms with van der Waals surface area (Å²) in [6, 6.07) is 72.5.